The zero-order valence-electron chi connectivity index (χ0n) is 7.00. The Morgan fingerprint density at radius 2 is 1.71 bits per heavy atom. The fraction of sp³-hybridized carbons (Fsp3) is 0.125. The van der Waals surface area contributed by atoms with E-state index in [1.807, 2.05) is 0 Å². The fourth-order valence-electron chi connectivity index (χ4n) is 0.967. The van der Waals surface area contributed by atoms with E-state index in [1.165, 1.54) is 6.92 Å². The molecular formula is C8H5Cl3FNO. The van der Waals surface area contributed by atoms with Crippen molar-refractivity contribution in [3.63, 3.8) is 0 Å². The van der Waals surface area contributed by atoms with Crippen LogP contribution in [-0.2, 0) is 0 Å². The molecule has 0 saturated carbocycles. The van der Waals surface area contributed by atoms with E-state index in [9.17, 15) is 9.18 Å². The summed E-state index contributed by atoms with van der Waals surface area (Å²) in [4.78, 5) is 10.9. The Hall–Kier alpha value is -0.510. The quantitative estimate of drug-likeness (QED) is 0.608. The van der Waals surface area contributed by atoms with Gasteiger partial charge in [0, 0.05) is 5.56 Å². The smallest absolute Gasteiger partial charge is 0.253 e. The summed E-state index contributed by atoms with van der Waals surface area (Å²) in [5, 5.41) is -0.340. The molecule has 0 aliphatic rings. The first-order valence-electron chi connectivity index (χ1n) is 3.50. The Balaban J connectivity index is 3.68. The Labute approximate surface area is 94.7 Å². The van der Waals surface area contributed by atoms with Crippen molar-refractivity contribution in [3.8, 4) is 0 Å². The van der Waals surface area contributed by atoms with Gasteiger partial charge in [-0.25, -0.2) is 4.39 Å². The number of carbonyl (C=O) groups excluding carboxylic acids is 1. The molecule has 2 nitrogen and oxygen atoms in total. The minimum atomic E-state index is -0.978. The highest BCUT2D eigenvalue weighted by Gasteiger charge is 2.22. The highest BCUT2D eigenvalue weighted by atomic mass is 35.5. The second kappa shape index (κ2) is 3.93. The lowest BCUT2D eigenvalue weighted by atomic mass is 10.1. The summed E-state index contributed by atoms with van der Waals surface area (Å²) in [6.07, 6.45) is 0. The van der Waals surface area contributed by atoms with Gasteiger partial charge in [0.15, 0.2) is 0 Å². The van der Waals surface area contributed by atoms with E-state index in [1.54, 1.807) is 0 Å². The van der Waals surface area contributed by atoms with Crippen molar-refractivity contribution < 1.29 is 9.18 Å². The third-order valence-electron chi connectivity index (χ3n) is 1.73. The number of halogens is 4. The summed E-state index contributed by atoms with van der Waals surface area (Å²) < 4.78 is 13.4. The van der Waals surface area contributed by atoms with Crippen LogP contribution in [0.15, 0.2) is 0 Å². The summed E-state index contributed by atoms with van der Waals surface area (Å²) in [5.74, 6) is -1.81. The lowest BCUT2D eigenvalue weighted by Gasteiger charge is -2.09. The Morgan fingerprint density at radius 3 is 2.14 bits per heavy atom. The second-order valence-corrected chi connectivity index (χ2v) is 3.75. The van der Waals surface area contributed by atoms with Crippen LogP contribution >= 0.6 is 34.8 Å². The predicted octanol–water partition coefficient (Wildman–Crippen LogP) is 3.19. The van der Waals surface area contributed by atoms with Crippen LogP contribution in [0.1, 0.15) is 15.9 Å². The maximum atomic E-state index is 13.4. The molecule has 76 valence electrons. The third kappa shape index (κ3) is 1.67. The van der Waals surface area contributed by atoms with E-state index >= 15 is 0 Å². The maximum absolute atomic E-state index is 13.4. The van der Waals surface area contributed by atoms with Crippen LogP contribution in [0.25, 0.3) is 0 Å². The third-order valence-corrected chi connectivity index (χ3v) is 3.15. The van der Waals surface area contributed by atoms with Crippen LogP contribution in [0.5, 0.6) is 0 Å². The zero-order chi connectivity index (χ0) is 11.0. The molecule has 0 aliphatic carbocycles. The van der Waals surface area contributed by atoms with E-state index in [0.29, 0.717) is 0 Å². The zero-order valence-corrected chi connectivity index (χ0v) is 9.27. The Kier molecular flexibility index (Phi) is 3.24. The van der Waals surface area contributed by atoms with E-state index in [2.05, 4.69) is 0 Å². The van der Waals surface area contributed by atoms with Crippen LogP contribution in [-0.4, -0.2) is 5.91 Å². The van der Waals surface area contributed by atoms with Gasteiger partial charge in [-0.2, -0.15) is 0 Å². The lowest BCUT2D eigenvalue weighted by molar-refractivity contribution is 0.0996. The molecule has 0 aromatic heterocycles. The minimum absolute atomic E-state index is 0.0147. The summed E-state index contributed by atoms with van der Waals surface area (Å²) in [5.41, 5.74) is 4.56. The highest BCUT2D eigenvalue weighted by Crippen LogP contribution is 2.37. The van der Waals surface area contributed by atoms with Gasteiger partial charge in [0.1, 0.15) is 5.82 Å². The number of hydrogen-bond donors (Lipinski definition) is 1. The molecule has 0 atom stereocenters. The molecule has 0 spiro atoms. The first kappa shape index (κ1) is 11.6. The van der Waals surface area contributed by atoms with Gasteiger partial charge in [0.25, 0.3) is 5.91 Å². The molecule has 6 heteroatoms. The molecule has 0 fully saturated rings. The molecule has 0 aliphatic heterocycles. The summed E-state index contributed by atoms with van der Waals surface area (Å²) in [7, 11) is 0. The molecule has 0 bridgehead atoms. The molecule has 1 aromatic rings. The standard InChI is InChI=1S/C8H5Cl3FNO/c1-2-4(9)6(11)5(10)3(7(2)12)8(13)14/h1H3,(H2,13,14). The fourth-order valence-corrected chi connectivity index (χ4v) is 1.70. The van der Waals surface area contributed by atoms with Crippen molar-refractivity contribution in [2.45, 2.75) is 6.92 Å². The predicted molar refractivity (Wildman–Crippen MR) is 54.7 cm³/mol. The number of benzene rings is 1. The van der Waals surface area contributed by atoms with Gasteiger partial charge < -0.3 is 5.73 Å². The molecule has 0 unspecified atom stereocenters. The van der Waals surface area contributed by atoms with E-state index < -0.39 is 17.3 Å². The van der Waals surface area contributed by atoms with Gasteiger partial charge in [-0.05, 0) is 6.92 Å². The van der Waals surface area contributed by atoms with Crippen molar-refractivity contribution in [3.05, 3.63) is 32.0 Å². The first-order chi connectivity index (χ1) is 6.37. The minimum Gasteiger partial charge on any atom is -0.365 e. The number of hydrogen-bond acceptors (Lipinski definition) is 1. The van der Waals surface area contributed by atoms with Crippen LogP contribution in [0.2, 0.25) is 15.1 Å². The highest BCUT2D eigenvalue weighted by molar-refractivity contribution is 6.49. The summed E-state index contributed by atoms with van der Waals surface area (Å²) in [6, 6.07) is 0. The molecule has 0 radical (unpaired) electrons. The molecule has 1 rings (SSSR count). The van der Waals surface area contributed by atoms with E-state index in [0.717, 1.165) is 0 Å². The van der Waals surface area contributed by atoms with Gasteiger partial charge in [0.05, 0.1) is 20.6 Å². The van der Waals surface area contributed by atoms with Crippen LogP contribution in [0, 0.1) is 12.7 Å². The van der Waals surface area contributed by atoms with Crippen molar-refractivity contribution in [2.24, 2.45) is 5.73 Å². The Morgan fingerprint density at radius 1 is 1.21 bits per heavy atom. The molecule has 14 heavy (non-hydrogen) atoms. The molecular weight excluding hydrogens is 251 g/mol. The van der Waals surface area contributed by atoms with Crippen LogP contribution < -0.4 is 5.73 Å². The maximum Gasteiger partial charge on any atom is 0.253 e. The average molecular weight is 256 g/mol. The van der Waals surface area contributed by atoms with Crippen LogP contribution in [0.4, 0.5) is 4.39 Å². The van der Waals surface area contributed by atoms with Gasteiger partial charge >= 0.3 is 0 Å². The normalized spacial score (nSPS) is 10.4. The second-order valence-electron chi connectivity index (χ2n) is 2.62. The molecule has 2 N–H and O–H groups in total. The molecule has 0 heterocycles. The van der Waals surface area contributed by atoms with Gasteiger partial charge in [-0.3, -0.25) is 4.79 Å². The van der Waals surface area contributed by atoms with Gasteiger partial charge in [-0.1, -0.05) is 34.8 Å². The van der Waals surface area contributed by atoms with Crippen molar-refractivity contribution in [2.75, 3.05) is 0 Å². The number of primary amides is 1. The number of rotatable bonds is 1. The topological polar surface area (TPSA) is 43.1 Å². The largest absolute Gasteiger partial charge is 0.365 e. The van der Waals surface area contributed by atoms with E-state index in [4.69, 9.17) is 40.5 Å². The lowest BCUT2D eigenvalue weighted by Crippen LogP contribution is -2.15. The number of nitrogens with two attached hydrogens (primary N) is 1. The summed E-state index contributed by atoms with van der Waals surface area (Å²) in [6.45, 7) is 1.38. The SMILES string of the molecule is Cc1c(F)c(C(N)=O)c(Cl)c(Cl)c1Cl. The Bertz CT molecular complexity index is 391. The average Bonchev–Trinajstić information content (AvgIpc) is 2.11. The first-order valence-corrected chi connectivity index (χ1v) is 4.63. The van der Waals surface area contributed by atoms with Crippen molar-refractivity contribution in [1.29, 1.82) is 0 Å². The van der Waals surface area contributed by atoms with Crippen LogP contribution in [0.3, 0.4) is 0 Å². The summed E-state index contributed by atoms with van der Waals surface area (Å²) >= 11 is 16.9. The van der Waals surface area contributed by atoms with Crippen molar-refractivity contribution in [1.82, 2.24) is 0 Å². The monoisotopic (exact) mass is 255 g/mol. The van der Waals surface area contributed by atoms with Crippen molar-refractivity contribution >= 4 is 40.7 Å². The number of amides is 1. The molecule has 0 saturated heterocycles. The van der Waals surface area contributed by atoms with Gasteiger partial charge in [-0.15, -0.1) is 0 Å². The molecule has 1 amide bonds. The molecule has 1 aromatic carbocycles. The number of carbonyl (C=O) groups is 1. The van der Waals surface area contributed by atoms with E-state index in [-0.39, 0.29) is 20.6 Å². The van der Waals surface area contributed by atoms with Gasteiger partial charge in [0.2, 0.25) is 0 Å².